The Hall–Kier alpha value is -3.37. The molecule has 4 aromatic carbocycles. The fraction of sp³-hybridized carbons (Fsp3) is 0.278. The Labute approximate surface area is 295 Å². The molecule has 1 aliphatic carbocycles. The van der Waals surface area contributed by atoms with Crippen LogP contribution in [-0.4, -0.2) is 43.8 Å². The maximum Gasteiger partial charge on any atom is 0.264 e. The number of hydrogen-bond acceptors (Lipinski definition) is 4. The molecule has 0 aromatic heterocycles. The SMILES string of the molecule is Cc1ccc(S(=O)(=O)N(CC(=O)N(Cc2c(Cl)cccc2Cl)C(Cc2ccccc2)C(=O)NC2CCCC2)c2ccc(Br)cc2)cc1. The molecule has 1 aliphatic rings. The van der Waals surface area contributed by atoms with E-state index in [9.17, 15) is 18.0 Å². The molecule has 1 atom stereocenters. The van der Waals surface area contributed by atoms with Crippen LogP contribution in [0.3, 0.4) is 0 Å². The quantitative estimate of drug-likeness (QED) is 0.159. The van der Waals surface area contributed by atoms with Crippen LogP contribution in [-0.2, 0) is 32.6 Å². The third-order valence-corrected chi connectivity index (χ3v) is 11.4. The van der Waals surface area contributed by atoms with Crippen LogP contribution < -0.4 is 9.62 Å². The van der Waals surface area contributed by atoms with E-state index in [-0.39, 0.29) is 29.8 Å². The van der Waals surface area contributed by atoms with E-state index in [1.54, 1.807) is 54.6 Å². The minimum Gasteiger partial charge on any atom is -0.352 e. The van der Waals surface area contributed by atoms with Crippen molar-refractivity contribution in [2.75, 3.05) is 10.8 Å². The third kappa shape index (κ3) is 8.76. The highest BCUT2D eigenvalue weighted by atomic mass is 79.9. The minimum absolute atomic E-state index is 0.00260. The van der Waals surface area contributed by atoms with Gasteiger partial charge in [-0.15, -0.1) is 0 Å². The number of nitrogens with one attached hydrogen (secondary N) is 1. The molecule has 11 heteroatoms. The molecule has 1 fully saturated rings. The van der Waals surface area contributed by atoms with Crippen LogP contribution in [0.2, 0.25) is 10.0 Å². The van der Waals surface area contributed by atoms with E-state index in [0.717, 1.165) is 45.6 Å². The molecular weight excluding hydrogens is 721 g/mol. The normalized spacial score (nSPS) is 14.0. The first kappa shape index (κ1) is 35.0. The smallest absolute Gasteiger partial charge is 0.264 e. The van der Waals surface area contributed by atoms with E-state index >= 15 is 0 Å². The number of anilines is 1. The molecule has 246 valence electrons. The van der Waals surface area contributed by atoms with E-state index in [1.165, 1.54) is 17.0 Å². The summed E-state index contributed by atoms with van der Waals surface area (Å²) in [7, 11) is -4.21. The van der Waals surface area contributed by atoms with Crippen LogP contribution in [0.5, 0.6) is 0 Å². The molecule has 0 bridgehead atoms. The lowest BCUT2D eigenvalue weighted by molar-refractivity contribution is -0.140. The van der Waals surface area contributed by atoms with Crippen molar-refractivity contribution in [3.63, 3.8) is 0 Å². The zero-order chi connectivity index (χ0) is 33.6. The zero-order valence-corrected chi connectivity index (χ0v) is 29.8. The highest BCUT2D eigenvalue weighted by Gasteiger charge is 2.36. The number of benzene rings is 4. The Bertz CT molecular complexity index is 1780. The molecule has 0 saturated heterocycles. The number of sulfonamides is 1. The molecule has 2 amide bonds. The van der Waals surface area contributed by atoms with Crippen LogP contribution >= 0.6 is 39.1 Å². The summed E-state index contributed by atoms with van der Waals surface area (Å²) in [6.45, 7) is 1.20. The molecule has 4 aromatic rings. The van der Waals surface area contributed by atoms with Crippen LogP contribution in [0.1, 0.15) is 42.4 Å². The summed E-state index contributed by atoms with van der Waals surface area (Å²) in [6, 6.07) is 26.7. The van der Waals surface area contributed by atoms with Gasteiger partial charge >= 0.3 is 0 Å². The Morgan fingerprint density at radius 1 is 0.872 bits per heavy atom. The Morgan fingerprint density at radius 3 is 2.11 bits per heavy atom. The van der Waals surface area contributed by atoms with Gasteiger partial charge in [0.2, 0.25) is 11.8 Å². The Balaban J connectivity index is 1.59. The van der Waals surface area contributed by atoms with Gasteiger partial charge in [0, 0.05) is 39.1 Å². The lowest BCUT2D eigenvalue weighted by Gasteiger charge is -2.34. The van der Waals surface area contributed by atoms with E-state index in [0.29, 0.717) is 21.3 Å². The Morgan fingerprint density at radius 2 is 1.49 bits per heavy atom. The largest absolute Gasteiger partial charge is 0.352 e. The Kier molecular flexibility index (Phi) is 11.7. The summed E-state index contributed by atoms with van der Waals surface area (Å²) in [5, 5.41) is 3.84. The number of halogens is 3. The van der Waals surface area contributed by atoms with Gasteiger partial charge in [-0.1, -0.05) is 106 Å². The van der Waals surface area contributed by atoms with Crippen molar-refractivity contribution in [3.8, 4) is 0 Å². The molecule has 47 heavy (non-hydrogen) atoms. The average molecular weight is 758 g/mol. The first-order valence-electron chi connectivity index (χ1n) is 15.4. The van der Waals surface area contributed by atoms with E-state index in [2.05, 4.69) is 21.2 Å². The van der Waals surface area contributed by atoms with Crippen LogP contribution in [0.15, 0.2) is 106 Å². The predicted molar refractivity (Wildman–Crippen MR) is 191 cm³/mol. The number of carbonyl (C=O) groups excluding carboxylic acids is 2. The number of amides is 2. The van der Waals surface area contributed by atoms with Gasteiger partial charge in [0.1, 0.15) is 12.6 Å². The number of carbonyl (C=O) groups is 2. The second-order valence-corrected chi connectivity index (χ2v) is 15.3. The molecule has 5 rings (SSSR count). The van der Waals surface area contributed by atoms with Gasteiger partial charge in [-0.3, -0.25) is 13.9 Å². The minimum atomic E-state index is -4.21. The fourth-order valence-electron chi connectivity index (χ4n) is 5.75. The van der Waals surface area contributed by atoms with E-state index in [4.69, 9.17) is 23.2 Å². The van der Waals surface area contributed by atoms with Crippen molar-refractivity contribution in [3.05, 3.63) is 128 Å². The monoisotopic (exact) mass is 755 g/mol. The number of rotatable bonds is 12. The van der Waals surface area contributed by atoms with Gasteiger partial charge in [-0.05, 0) is 73.9 Å². The summed E-state index contributed by atoms with van der Waals surface area (Å²) in [5.41, 5.74) is 2.51. The zero-order valence-electron chi connectivity index (χ0n) is 25.9. The van der Waals surface area contributed by atoms with E-state index < -0.39 is 28.5 Å². The van der Waals surface area contributed by atoms with Gasteiger partial charge in [-0.2, -0.15) is 0 Å². The van der Waals surface area contributed by atoms with Crippen molar-refractivity contribution in [2.45, 2.75) is 62.6 Å². The predicted octanol–water partition coefficient (Wildman–Crippen LogP) is 7.96. The standard InChI is InChI=1S/C36H36BrCl2N3O4S/c1-25-14-20-30(21-15-25)47(45,46)42(29-18-16-27(37)17-19-29)24-35(43)41(23-31-32(38)12-7-13-33(31)39)34(22-26-8-3-2-4-9-26)36(44)40-28-10-5-6-11-28/h2-4,7-9,12-21,28,34H,5-6,10-11,22-24H2,1H3,(H,40,44). The average Bonchev–Trinajstić information content (AvgIpc) is 3.57. The van der Waals surface area contributed by atoms with Crippen LogP contribution in [0.4, 0.5) is 5.69 Å². The summed E-state index contributed by atoms with van der Waals surface area (Å²) in [6.07, 6.45) is 3.97. The first-order valence-corrected chi connectivity index (χ1v) is 18.4. The fourth-order valence-corrected chi connectivity index (χ4v) is 7.94. The third-order valence-electron chi connectivity index (χ3n) is 8.37. The van der Waals surface area contributed by atoms with Crippen LogP contribution in [0.25, 0.3) is 0 Å². The first-order chi connectivity index (χ1) is 22.5. The van der Waals surface area contributed by atoms with Crippen molar-refractivity contribution >= 4 is 66.7 Å². The number of hydrogen-bond donors (Lipinski definition) is 1. The molecule has 1 N–H and O–H groups in total. The summed E-state index contributed by atoms with van der Waals surface area (Å²) < 4.78 is 30.2. The number of nitrogens with zero attached hydrogens (tertiary/aromatic N) is 2. The van der Waals surface area contributed by atoms with Crippen molar-refractivity contribution in [2.24, 2.45) is 0 Å². The van der Waals surface area contributed by atoms with Crippen molar-refractivity contribution in [1.29, 1.82) is 0 Å². The molecule has 0 heterocycles. The highest BCUT2D eigenvalue weighted by molar-refractivity contribution is 9.10. The van der Waals surface area contributed by atoms with Crippen molar-refractivity contribution < 1.29 is 18.0 Å². The van der Waals surface area contributed by atoms with Gasteiger partial charge in [0.15, 0.2) is 0 Å². The molecule has 1 saturated carbocycles. The van der Waals surface area contributed by atoms with Crippen LogP contribution in [0, 0.1) is 6.92 Å². The highest BCUT2D eigenvalue weighted by Crippen LogP contribution is 2.30. The van der Waals surface area contributed by atoms with Crippen molar-refractivity contribution in [1.82, 2.24) is 10.2 Å². The number of aryl methyl sites for hydroxylation is 1. The molecule has 0 spiro atoms. The second-order valence-electron chi connectivity index (χ2n) is 11.7. The summed E-state index contributed by atoms with van der Waals surface area (Å²) in [4.78, 5) is 30.3. The molecule has 1 unspecified atom stereocenters. The van der Waals surface area contributed by atoms with Gasteiger partial charge in [0.05, 0.1) is 10.6 Å². The second kappa shape index (κ2) is 15.7. The lowest BCUT2D eigenvalue weighted by atomic mass is 10.0. The van der Waals surface area contributed by atoms with Gasteiger partial charge in [-0.25, -0.2) is 8.42 Å². The topological polar surface area (TPSA) is 86.8 Å². The van der Waals surface area contributed by atoms with Gasteiger partial charge in [0.25, 0.3) is 10.0 Å². The lowest BCUT2D eigenvalue weighted by Crippen LogP contribution is -2.54. The van der Waals surface area contributed by atoms with E-state index in [1.807, 2.05) is 37.3 Å². The summed E-state index contributed by atoms with van der Waals surface area (Å²) in [5.74, 6) is -0.893. The maximum atomic E-state index is 14.7. The molecule has 0 radical (unpaired) electrons. The summed E-state index contributed by atoms with van der Waals surface area (Å²) >= 11 is 16.6. The van der Waals surface area contributed by atoms with Gasteiger partial charge < -0.3 is 10.2 Å². The molecule has 7 nitrogen and oxygen atoms in total. The molecular formula is C36H36BrCl2N3O4S. The molecule has 0 aliphatic heterocycles. The maximum absolute atomic E-state index is 14.7.